The summed E-state index contributed by atoms with van der Waals surface area (Å²) in [5, 5.41) is 11.4. The van der Waals surface area contributed by atoms with Crippen LogP contribution in [0.25, 0.3) is 21.9 Å². The summed E-state index contributed by atoms with van der Waals surface area (Å²) in [6.45, 7) is 2.19. The van der Waals surface area contributed by atoms with Gasteiger partial charge in [0.25, 0.3) is 0 Å². The largest absolute Gasteiger partial charge is 0.396 e. The Kier molecular flexibility index (Phi) is 3.48. The number of aliphatic hydroxyl groups is 1. The first-order valence-corrected chi connectivity index (χ1v) is 6.83. The van der Waals surface area contributed by atoms with E-state index in [0.717, 1.165) is 11.3 Å². The smallest absolute Gasteiger partial charge is 0.0471 e. The number of pyridine rings is 1. The van der Waals surface area contributed by atoms with Crippen LogP contribution in [0.4, 0.5) is 0 Å². The minimum atomic E-state index is 0.193. The summed E-state index contributed by atoms with van der Waals surface area (Å²) in [4.78, 5) is 4.35. The molecule has 0 atom stereocenters. The van der Waals surface area contributed by atoms with Gasteiger partial charge in [-0.05, 0) is 47.4 Å². The fourth-order valence-electron chi connectivity index (χ4n) is 2.40. The second-order valence-electron chi connectivity index (χ2n) is 5.06. The number of aromatic nitrogens is 1. The Morgan fingerprint density at radius 2 is 1.65 bits per heavy atom. The predicted octanol–water partition coefficient (Wildman–Crippen LogP) is 3.75. The van der Waals surface area contributed by atoms with E-state index in [1.165, 1.54) is 21.9 Å². The molecule has 0 unspecified atom stereocenters. The molecule has 0 spiro atoms. The normalized spacial score (nSPS) is 10.9. The molecule has 100 valence electrons. The van der Waals surface area contributed by atoms with E-state index in [4.69, 9.17) is 5.11 Å². The second kappa shape index (κ2) is 5.43. The van der Waals surface area contributed by atoms with Crippen molar-refractivity contribution in [2.24, 2.45) is 0 Å². The SMILES string of the molecule is Cc1ccc(-c2ccc3cc(CCO)ccc3c2)cn1. The van der Waals surface area contributed by atoms with Crippen LogP contribution in [0.3, 0.4) is 0 Å². The molecule has 0 aliphatic carbocycles. The third kappa shape index (κ3) is 2.56. The number of fused-ring (bicyclic) bond motifs is 1. The van der Waals surface area contributed by atoms with Gasteiger partial charge in [-0.2, -0.15) is 0 Å². The molecule has 0 fully saturated rings. The van der Waals surface area contributed by atoms with E-state index in [0.29, 0.717) is 6.42 Å². The summed E-state index contributed by atoms with van der Waals surface area (Å²) < 4.78 is 0. The van der Waals surface area contributed by atoms with Gasteiger partial charge < -0.3 is 5.11 Å². The highest BCUT2D eigenvalue weighted by Crippen LogP contribution is 2.25. The van der Waals surface area contributed by atoms with Gasteiger partial charge in [-0.1, -0.05) is 36.4 Å². The fourth-order valence-corrected chi connectivity index (χ4v) is 2.40. The summed E-state index contributed by atoms with van der Waals surface area (Å²) in [7, 11) is 0. The molecule has 2 nitrogen and oxygen atoms in total. The third-order valence-corrected chi connectivity index (χ3v) is 3.55. The Hall–Kier alpha value is -2.19. The van der Waals surface area contributed by atoms with Crippen molar-refractivity contribution in [3.05, 3.63) is 66.0 Å². The van der Waals surface area contributed by atoms with Crippen molar-refractivity contribution in [1.29, 1.82) is 0 Å². The van der Waals surface area contributed by atoms with E-state index in [2.05, 4.69) is 47.4 Å². The van der Waals surface area contributed by atoms with Crippen LogP contribution in [-0.2, 0) is 6.42 Å². The molecule has 0 radical (unpaired) electrons. The summed E-state index contributed by atoms with van der Waals surface area (Å²) in [6, 6.07) is 16.9. The Balaban J connectivity index is 2.02. The lowest BCUT2D eigenvalue weighted by Crippen LogP contribution is -1.90. The van der Waals surface area contributed by atoms with Crippen LogP contribution in [0.2, 0.25) is 0 Å². The number of benzene rings is 2. The Morgan fingerprint density at radius 3 is 2.40 bits per heavy atom. The van der Waals surface area contributed by atoms with Gasteiger partial charge >= 0.3 is 0 Å². The average Bonchev–Trinajstić information content (AvgIpc) is 2.48. The Bertz CT molecular complexity index is 732. The molecule has 0 amide bonds. The van der Waals surface area contributed by atoms with Crippen molar-refractivity contribution >= 4 is 10.8 Å². The molecule has 1 heterocycles. The van der Waals surface area contributed by atoms with Crippen LogP contribution in [0.1, 0.15) is 11.3 Å². The van der Waals surface area contributed by atoms with E-state index in [9.17, 15) is 0 Å². The van der Waals surface area contributed by atoms with Gasteiger partial charge in [-0.3, -0.25) is 4.98 Å². The van der Waals surface area contributed by atoms with Crippen LogP contribution in [0.15, 0.2) is 54.7 Å². The number of hydrogen-bond donors (Lipinski definition) is 1. The van der Waals surface area contributed by atoms with Crippen molar-refractivity contribution < 1.29 is 5.11 Å². The lowest BCUT2D eigenvalue weighted by Gasteiger charge is -2.06. The van der Waals surface area contributed by atoms with Crippen molar-refractivity contribution in [3.8, 4) is 11.1 Å². The number of nitrogens with zero attached hydrogens (tertiary/aromatic N) is 1. The van der Waals surface area contributed by atoms with Crippen molar-refractivity contribution in [1.82, 2.24) is 4.98 Å². The van der Waals surface area contributed by atoms with Crippen LogP contribution in [0, 0.1) is 6.92 Å². The molecule has 1 aromatic heterocycles. The molecular weight excluding hydrogens is 246 g/mol. The molecule has 2 heteroatoms. The first-order chi connectivity index (χ1) is 9.76. The molecule has 0 saturated carbocycles. The molecule has 2 aromatic carbocycles. The second-order valence-corrected chi connectivity index (χ2v) is 5.06. The minimum Gasteiger partial charge on any atom is -0.396 e. The average molecular weight is 263 g/mol. The lowest BCUT2D eigenvalue weighted by atomic mass is 10.00. The summed E-state index contributed by atoms with van der Waals surface area (Å²) in [5.41, 5.74) is 4.52. The molecular formula is C18H17NO. The fraction of sp³-hybridized carbons (Fsp3) is 0.167. The molecule has 1 N–H and O–H groups in total. The highest BCUT2D eigenvalue weighted by atomic mass is 16.2. The zero-order chi connectivity index (χ0) is 13.9. The number of hydrogen-bond acceptors (Lipinski definition) is 2. The summed E-state index contributed by atoms with van der Waals surface area (Å²) in [6.07, 6.45) is 2.62. The van der Waals surface area contributed by atoms with E-state index in [1.807, 2.05) is 19.2 Å². The third-order valence-electron chi connectivity index (χ3n) is 3.55. The van der Waals surface area contributed by atoms with Gasteiger partial charge in [0.2, 0.25) is 0 Å². The lowest BCUT2D eigenvalue weighted by molar-refractivity contribution is 0.299. The quantitative estimate of drug-likeness (QED) is 0.780. The molecule has 20 heavy (non-hydrogen) atoms. The van der Waals surface area contributed by atoms with Crippen LogP contribution < -0.4 is 0 Å². The van der Waals surface area contributed by atoms with E-state index >= 15 is 0 Å². The first-order valence-electron chi connectivity index (χ1n) is 6.83. The van der Waals surface area contributed by atoms with Crippen molar-refractivity contribution in [3.63, 3.8) is 0 Å². The Morgan fingerprint density at radius 1 is 0.900 bits per heavy atom. The monoisotopic (exact) mass is 263 g/mol. The highest BCUT2D eigenvalue weighted by molar-refractivity contribution is 5.87. The number of aryl methyl sites for hydroxylation is 1. The number of rotatable bonds is 3. The zero-order valence-electron chi connectivity index (χ0n) is 11.5. The predicted molar refractivity (Wildman–Crippen MR) is 82.7 cm³/mol. The maximum atomic E-state index is 9.00. The first kappa shape index (κ1) is 12.8. The minimum absolute atomic E-state index is 0.193. The topological polar surface area (TPSA) is 33.1 Å². The van der Waals surface area contributed by atoms with Gasteiger partial charge in [0.1, 0.15) is 0 Å². The van der Waals surface area contributed by atoms with Gasteiger partial charge in [-0.25, -0.2) is 0 Å². The molecule has 0 saturated heterocycles. The van der Waals surface area contributed by atoms with E-state index in [-0.39, 0.29) is 6.61 Å². The standard InChI is InChI=1S/C18H17NO/c1-13-2-4-18(12-19-13)17-7-6-15-10-14(8-9-20)3-5-16(15)11-17/h2-7,10-12,20H,8-9H2,1H3. The van der Waals surface area contributed by atoms with Crippen LogP contribution >= 0.6 is 0 Å². The maximum absolute atomic E-state index is 9.00. The zero-order valence-corrected chi connectivity index (χ0v) is 11.5. The van der Waals surface area contributed by atoms with Gasteiger partial charge in [0.05, 0.1) is 0 Å². The molecule has 0 aliphatic rings. The van der Waals surface area contributed by atoms with Gasteiger partial charge in [0.15, 0.2) is 0 Å². The van der Waals surface area contributed by atoms with E-state index < -0.39 is 0 Å². The summed E-state index contributed by atoms with van der Waals surface area (Å²) >= 11 is 0. The Labute approximate surface area is 118 Å². The molecule has 0 bridgehead atoms. The molecule has 3 rings (SSSR count). The highest BCUT2D eigenvalue weighted by Gasteiger charge is 2.01. The van der Waals surface area contributed by atoms with Crippen LogP contribution in [-0.4, -0.2) is 16.7 Å². The van der Waals surface area contributed by atoms with E-state index in [1.54, 1.807) is 0 Å². The number of aliphatic hydroxyl groups excluding tert-OH is 1. The molecule has 3 aromatic rings. The summed E-state index contributed by atoms with van der Waals surface area (Å²) in [5.74, 6) is 0. The van der Waals surface area contributed by atoms with Crippen molar-refractivity contribution in [2.45, 2.75) is 13.3 Å². The van der Waals surface area contributed by atoms with Gasteiger partial charge in [0, 0.05) is 24.1 Å². The molecule has 0 aliphatic heterocycles. The van der Waals surface area contributed by atoms with Crippen LogP contribution in [0.5, 0.6) is 0 Å². The van der Waals surface area contributed by atoms with Crippen molar-refractivity contribution in [2.75, 3.05) is 6.61 Å². The van der Waals surface area contributed by atoms with Gasteiger partial charge in [-0.15, -0.1) is 0 Å². The maximum Gasteiger partial charge on any atom is 0.0471 e.